The minimum Gasteiger partial charge on any atom is -0.508 e. The van der Waals surface area contributed by atoms with E-state index in [1.54, 1.807) is 29.2 Å². The van der Waals surface area contributed by atoms with Crippen LogP contribution in [0.1, 0.15) is 54.1 Å². The van der Waals surface area contributed by atoms with Crippen LogP contribution in [0.2, 0.25) is 0 Å². The maximum absolute atomic E-state index is 13.7. The second-order valence-electron chi connectivity index (χ2n) is 8.74. The Bertz CT molecular complexity index is 1080. The highest BCUT2D eigenvalue weighted by molar-refractivity contribution is 7.10. The number of aromatic hydroxyl groups is 1. The fraction of sp³-hybridized carbons (Fsp3) is 0.333. The normalized spacial score (nSPS) is 15.0. The standard InChI is InChI=1S/C27H29FN2O3S/c28-21-12-8-19(9-13-21)18-30(25(32)17-24-7-4-16-34-24)26(20-10-14-23(31)15-11-20)27(33)29-22-5-2-1-3-6-22/h4,7-16,22,26,31H,1-3,5-6,17-18H2,(H,29,33). The van der Waals surface area contributed by atoms with E-state index in [4.69, 9.17) is 0 Å². The number of halogens is 1. The van der Waals surface area contributed by atoms with Crippen molar-refractivity contribution in [2.24, 2.45) is 0 Å². The van der Waals surface area contributed by atoms with E-state index in [9.17, 15) is 19.1 Å². The molecular formula is C27H29FN2O3S. The fourth-order valence-corrected chi connectivity index (χ4v) is 5.13. The summed E-state index contributed by atoms with van der Waals surface area (Å²) in [5.41, 5.74) is 1.35. The van der Waals surface area contributed by atoms with E-state index >= 15 is 0 Å². The van der Waals surface area contributed by atoms with Gasteiger partial charge in [-0.15, -0.1) is 11.3 Å². The summed E-state index contributed by atoms with van der Waals surface area (Å²) in [7, 11) is 0. The van der Waals surface area contributed by atoms with Crippen molar-refractivity contribution in [1.82, 2.24) is 10.2 Å². The third-order valence-corrected chi connectivity index (χ3v) is 7.09. The Hall–Kier alpha value is -3.19. The number of benzene rings is 2. The van der Waals surface area contributed by atoms with Crippen molar-refractivity contribution in [2.45, 2.75) is 57.2 Å². The van der Waals surface area contributed by atoms with Crippen molar-refractivity contribution in [1.29, 1.82) is 0 Å². The van der Waals surface area contributed by atoms with Crippen molar-refractivity contribution in [3.63, 3.8) is 0 Å². The monoisotopic (exact) mass is 480 g/mol. The fourth-order valence-electron chi connectivity index (χ4n) is 4.43. The summed E-state index contributed by atoms with van der Waals surface area (Å²) in [5.74, 6) is -0.696. The van der Waals surface area contributed by atoms with Gasteiger partial charge in [0.15, 0.2) is 0 Å². The summed E-state index contributed by atoms with van der Waals surface area (Å²) in [6.45, 7) is 0.161. The summed E-state index contributed by atoms with van der Waals surface area (Å²) in [6, 6.07) is 15.4. The molecule has 1 saturated carbocycles. The number of hydrogen-bond acceptors (Lipinski definition) is 4. The first kappa shape index (κ1) is 24.0. The van der Waals surface area contributed by atoms with Crippen molar-refractivity contribution < 1.29 is 19.1 Å². The first-order chi connectivity index (χ1) is 16.5. The number of thiophene rings is 1. The summed E-state index contributed by atoms with van der Waals surface area (Å²) in [4.78, 5) is 29.7. The number of carbonyl (C=O) groups is 2. The van der Waals surface area contributed by atoms with Crippen LogP contribution >= 0.6 is 11.3 Å². The van der Waals surface area contributed by atoms with Gasteiger partial charge >= 0.3 is 0 Å². The lowest BCUT2D eigenvalue weighted by atomic mass is 9.94. The van der Waals surface area contributed by atoms with Crippen LogP contribution in [0.3, 0.4) is 0 Å². The molecule has 0 aliphatic heterocycles. The molecule has 0 saturated heterocycles. The minimum atomic E-state index is -0.875. The molecule has 7 heteroatoms. The highest BCUT2D eigenvalue weighted by Gasteiger charge is 2.33. The van der Waals surface area contributed by atoms with E-state index in [1.807, 2.05) is 17.5 Å². The summed E-state index contributed by atoms with van der Waals surface area (Å²) in [5, 5.41) is 14.9. The molecule has 34 heavy (non-hydrogen) atoms. The van der Waals surface area contributed by atoms with Crippen molar-refractivity contribution >= 4 is 23.2 Å². The van der Waals surface area contributed by atoms with Crippen LogP contribution in [0.15, 0.2) is 66.0 Å². The molecule has 1 aliphatic rings. The van der Waals surface area contributed by atoms with Gasteiger partial charge in [-0.3, -0.25) is 9.59 Å². The number of rotatable bonds is 8. The molecule has 1 fully saturated rings. The quantitative estimate of drug-likeness (QED) is 0.456. The second-order valence-corrected chi connectivity index (χ2v) is 9.77. The summed E-state index contributed by atoms with van der Waals surface area (Å²) < 4.78 is 13.5. The second kappa shape index (κ2) is 11.3. The topological polar surface area (TPSA) is 69.6 Å². The Morgan fingerprint density at radius 2 is 1.74 bits per heavy atom. The van der Waals surface area contributed by atoms with Crippen LogP contribution in [-0.2, 0) is 22.6 Å². The molecule has 4 rings (SSSR count). The molecule has 1 atom stereocenters. The number of carbonyl (C=O) groups excluding carboxylic acids is 2. The smallest absolute Gasteiger partial charge is 0.247 e. The zero-order chi connectivity index (χ0) is 23.9. The van der Waals surface area contributed by atoms with E-state index in [2.05, 4.69) is 5.32 Å². The molecule has 0 bridgehead atoms. The van der Waals surface area contributed by atoms with Crippen LogP contribution in [0.25, 0.3) is 0 Å². The molecule has 2 amide bonds. The number of hydrogen-bond donors (Lipinski definition) is 2. The van der Waals surface area contributed by atoms with Gasteiger partial charge in [0.05, 0.1) is 6.42 Å². The third kappa shape index (κ3) is 6.23. The number of phenols is 1. The number of phenolic OH excluding ortho intramolecular Hbond substituents is 1. The Morgan fingerprint density at radius 3 is 2.38 bits per heavy atom. The highest BCUT2D eigenvalue weighted by atomic mass is 32.1. The Morgan fingerprint density at radius 1 is 1.03 bits per heavy atom. The molecule has 3 aromatic rings. The van der Waals surface area contributed by atoms with Gasteiger partial charge in [0.25, 0.3) is 0 Å². The Balaban J connectivity index is 1.68. The van der Waals surface area contributed by atoms with Gasteiger partial charge < -0.3 is 15.3 Å². The predicted molar refractivity (Wildman–Crippen MR) is 131 cm³/mol. The zero-order valence-corrected chi connectivity index (χ0v) is 19.8. The third-order valence-electron chi connectivity index (χ3n) is 6.21. The zero-order valence-electron chi connectivity index (χ0n) is 19.0. The van der Waals surface area contributed by atoms with Gasteiger partial charge in [-0.25, -0.2) is 4.39 Å². The molecule has 1 unspecified atom stereocenters. The first-order valence-electron chi connectivity index (χ1n) is 11.6. The highest BCUT2D eigenvalue weighted by Crippen LogP contribution is 2.28. The van der Waals surface area contributed by atoms with Crippen LogP contribution in [0, 0.1) is 5.82 Å². The van der Waals surface area contributed by atoms with Crippen molar-refractivity contribution in [3.05, 3.63) is 87.9 Å². The number of nitrogens with one attached hydrogen (secondary N) is 1. The van der Waals surface area contributed by atoms with Gasteiger partial charge in [0.2, 0.25) is 11.8 Å². The van der Waals surface area contributed by atoms with Crippen molar-refractivity contribution in [3.8, 4) is 5.75 Å². The van der Waals surface area contributed by atoms with E-state index < -0.39 is 6.04 Å². The average molecular weight is 481 g/mol. The van der Waals surface area contributed by atoms with Gasteiger partial charge in [0, 0.05) is 17.5 Å². The molecule has 1 aromatic heterocycles. The average Bonchev–Trinajstić information content (AvgIpc) is 3.35. The molecule has 2 N–H and O–H groups in total. The molecule has 178 valence electrons. The molecule has 2 aromatic carbocycles. The van der Waals surface area contributed by atoms with Gasteiger partial charge in [-0.2, -0.15) is 0 Å². The van der Waals surface area contributed by atoms with Gasteiger partial charge in [-0.1, -0.05) is 49.6 Å². The van der Waals surface area contributed by atoms with Crippen LogP contribution < -0.4 is 5.32 Å². The van der Waals surface area contributed by atoms with Gasteiger partial charge in [-0.05, 0) is 59.7 Å². The molecule has 5 nitrogen and oxygen atoms in total. The Kier molecular flexibility index (Phi) is 7.95. The summed E-state index contributed by atoms with van der Waals surface area (Å²) in [6.07, 6.45) is 5.34. The SMILES string of the molecule is O=C(NC1CCCCC1)C(c1ccc(O)cc1)N(Cc1ccc(F)cc1)C(=O)Cc1cccs1. The minimum absolute atomic E-state index is 0.0842. The van der Waals surface area contributed by atoms with Crippen LogP contribution in [0.5, 0.6) is 5.75 Å². The lowest BCUT2D eigenvalue weighted by Crippen LogP contribution is -2.47. The first-order valence-corrected chi connectivity index (χ1v) is 12.5. The largest absolute Gasteiger partial charge is 0.508 e. The van der Waals surface area contributed by atoms with E-state index in [0.29, 0.717) is 5.56 Å². The molecule has 1 heterocycles. The predicted octanol–water partition coefficient (Wildman–Crippen LogP) is 5.35. The molecule has 0 radical (unpaired) electrons. The van der Waals surface area contributed by atoms with E-state index in [-0.39, 0.29) is 42.4 Å². The number of nitrogens with zero attached hydrogens (tertiary/aromatic N) is 1. The van der Waals surface area contributed by atoms with Gasteiger partial charge in [0.1, 0.15) is 17.6 Å². The Labute approximate surface area is 203 Å². The molecule has 1 aliphatic carbocycles. The summed E-state index contributed by atoms with van der Waals surface area (Å²) >= 11 is 1.49. The maximum atomic E-state index is 13.7. The molecule has 0 spiro atoms. The van der Waals surface area contributed by atoms with Crippen LogP contribution in [0.4, 0.5) is 4.39 Å². The molecular weight excluding hydrogens is 451 g/mol. The van der Waals surface area contributed by atoms with Crippen molar-refractivity contribution in [2.75, 3.05) is 0 Å². The maximum Gasteiger partial charge on any atom is 0.247 e. The lowest BCUT2D eigenvalue weighted by Gasteiger charge is -2.33. The number of amides is 2. The van der Waals surface area contributed by atoms with E-state index in [1.165, 1.54) is 42.0 Å². The van der Waals surface area contributed by atoms with E-state index in [0.717, 1.165) is 36.1 Å². The lowest BCUT2D eigenvalue weighted by molar-refractivity contribution is -0.141. The van der Waals surface area contributed by atoms with Crippen LogP contribution in [-0.4, -0.2) is 27.9 Å².